The summed E-state index contributed by atoms with van der Waals surface area (Å²) in [5.74, 6) is -0.291. The maximum Gasteiger partial charge on any atom is 0.336 e. The van der Waals surface area contributed by atoms with Crippen molar-refractivity contribution in [3.8, 4) is 0 Å². The number of fused-ring (bicyclic) bond motifs is 1. The quantitative estimate of drug-likeness (QED) is 0.714. The molecule has 1 fully saturated rings. The third-order valence-corrected chi connectivity index (χ3v) is 7.41. The molecule has 2 aliphatic carbocycles. The van der Waals surface area contributed by atoms with E-state index < -0.39 is 17.7 Å². The number of rotatable bonds is 5. The van der Waals surface area contributed by atoms with Gasteiger partial charge in [0.1, 0.15) is 0 Å². The predicted octanol–water partition coefficient (Wildman–Crippen LogP) is 2.49. The predicted molar refractivity (Wildman–Crippen MR) is 98.3 cm³/mol. The molecule has 0 aromatic carbocycles. The molecule has 3 rings (SSSR count). The highest BCUT2D eigenvalue weighted by atomic mass is 16.6. The fraction of sp³-hybridized carbons (Fsp3) is 0.714. The van der Waals surface area contributed by atoms with Crippen molar-refractivity contribution in [1.82, 2.24) is 0 Å². The van der Waals surface area contributed by atoms with Crippen LogP contribution in [0.3, 0.4) is 0 Å². The van der Waals surface area contributed by atoms with Crippen LogP contribution in [0, 0.1) is 22.7 Å². The fourth-order valence-corrected chi connectivity index (χ4v) is 5.62. The fourth-order valence-electron chi connectivity index (χ4n) is 5.62. The van der Waals surface area contributed by atoms with E-state index in [4.69, 9.17) is 9.47 Å². The molecule has 0 aromatic heterocycles. The summed E-state index contributed by atoms with van der Waals surface area (Å²) in [6.45, 7) is 4.35. The van der Waals surface area contributed by atoms with Crippen molar-refractivity contribution in [2.75, 3.05) is 13.7 Å². The second-order valence-corrected chi connectivity index (χ2v) is 8.49. The Morgan fingerprint density at radius 3 is 2.74 bits per heavy atom. The minimum atomic E-state index is -1.15. The Balaban J connectivity index is 1.90. The van der Waals surface area contributed by atoms with Gasteiger partial charge in [-0.3, -0.25) is 0 Å². The number of allylic oxidation sites excluding steroid dienone is 1. The van der Waals surface area contributed by atoms with E-state index in [1.807, 2.05) is 6.08 Å². The SMILES string of the molecule is COC(=O)C1=CCC[C@H]2[C@@]1(CO)CC[C@@H](C)[C@]2(C)CCC1=C[C@H](O)OC1=O. The minimum Gasteiger partial charge on any atom is -0.466 e. The Morgan fingerprint density at radius 1 is 1.41 bits per heavy atom. The lowest BCUT2D eigenvalue weighted by molar-refractivity contribution is -0.151. The van der Waals surface area contributed by atoms with Crippen molar-refractivity contribution in [1.29, 1.82) is 0 Å². The number of hydrogen-bond donors (Lipinski definition) is 2. The van der Waals surface area contributed by atoms with E-state index in [0.29, 0.717) is 23.5 Å². The molecule has 1 aliphatic heterocycles. The highest BCUT2D eigenvalue weighted by Gasteiger charge is 2.57. The van der Waals surface area contributed by atoms with Crippen LogP contribution in [0.4, 0.5) is 0 Å². The lowest BCUT2D eigenvalue weighted by atomic mass is 9.46. The molecule has 150 valence electrons. The molecule has 6 nitrogen and oxygen atoms in total. The van der Waals surface area contributed by atoms with Crippen LogP contribution < -0.4 is 0 Å². The molecule has 6 heteroatoms. The Labute approximate surface area is 160 Å². The van der Waals surface area contributed by atoms with Gasteiger partial charge in [-0.2, -0.15) is 0 Å². The zero-order valence-corrected chi connectivity index (χ0v) is 16.4. The number of aliphatic hydroxyl groups is 2. The van der Waals surface area contributed by atoms with Crippen LogP contribution in [0.15, 0.2) is 23.3 Å². The van der Waals surface area contributed by atoms with Crippen molar-refractivity contribution in [3.63, 3.8) is 0 Å². The number of cyclic esters (lactones) is 1. The van der Waals surface area contributed by atoms with Crippen molar-refractivity contribution < 1.29 is 29.3 Å². The number of carbonyl (C=O) groups is 2. The van der Waals surface area contributed by atoms with Crippen LogP contribution in [0.1, 0.15) is 52.4 Å². The van der Waals surface area contributed by atoms with Gasteiger partial charge in [-0.15, -0.1) is 0 Å². The Kier molecular flexibility index (Phi) is 5.50. The number of methoxy groups -OCH3 is 1. The average molecular weight is 378 g/mol. The van der Waals surface area contributed by atoms with Crippen LogP contribution in [-0.4, -0.2) is 42.2 Å². The van der Waals surface area contributed by atoms with E-state index in [1.165, 1.54) is 13.2 Å². The molecule has 0 saturated heterocycles. The Morgan fingerprint density at radius 2 is 2.15 bits per heavy atom. The topological polar surface area (TPSA) is 93.1 Å². The molecule has 1 saturated carbocycles. The van der Waals surface area contributed by atoms with Crippen LogP contribution in [0.2, 0.25) is 0 Å². The summed E-state index contributed by atoms with van der Waals surface area (Å²) in [4.78, 5) is 24.3. The summed E-state index contributed by atoms with van der Waals surface area (Å²) in [6, 6.07) is 0. The second kappa shape index (κ2) is 7.40. The molecule has 0 amide bonds. The van der Waals surface area contributed by atoms with Gasteiger partial charge in [0.2, 0.25) is 6.29 Å². The van der Waals surface area contributed by atoms with Gasteiger partial charge >= 0.3 is 11.9 Å². The van der Waals surface area contributed by atoms with E-state index in [1.54, 1.807) is 0 Å². The number of ether oxygens (including phenoxy) is 2. The smallest absolute Gasteiger partial charge is 0.336 e. The zero-order valence-electron chi connectivity index (χ0n) is 16.4. The number of carbonyl (C=O) groups excluding carboxylic acids is 2. The number of esters is 2. The van der Waals surface area contributed by atoms with Crippen LogP contribution in [0.5, 0.6) is 0 Å². The summed E-state index contributed by atoms with van der Waals surface area (Å²) in [7, 11) is 1.38. The summed E-state index contributed by atoms with van der Waals surface area (Å²) in [5, 5.41) is 19.9. The van der Waals surface area contributed by atoms with Crippen molar-refractivity contribution in [2.24, 2.45) is 22.7 Å². The van der Waals surface area contributed by atoms with Crippen molar-refractivity contribution in [3.05, 3.63) is 23.3 Å². The summed E-state index contributed by atoms with van der Waals surface area (Å²) >= 11 is 0. The highest BCUT2D eigenvalue weighted by Crippen LogP contribution is 2.62. The highest BCUT2D eigenvalue weighted by molar-refractivity contribution is 5.91. The van der Waals surface area contributed by atoms with Gasteiger partial charge < -0.3 is 19.7 Å². The summed E-state index contributed by atoms with van der Waals surface area (Å²) in [5.41, 5.74) is 0.382. The second-order valence-electron chi connectivity index (χ2n) is 8.49. The lowest BCUT2D eigenvalue weighted by Crippen LogP contribution is -2.54. The van der Waals surface area contributed by atoms with Gasteiger partial charge in [0.25, 0.3) is 0 Å². The molecule has 27 heavy (non-hydrogen) atoms. The summed E-state index contributed by atoms with van der Waals surface area (Å²) < 4.78 is 9.81. The molecule has 0 bridgehead atoms. The van der Waals surface area contributed by atoms with Crippen LogP contribution in [0.25, 0.3) is 0 Å². The van der Waals surface area contributed by atoms with E-state index in [9.17, 15) is 19.8 Å². The van der Waals surface area contributed by atoms with E-state index in [-0.39, 0.29) is 23.9 Å². The molecule has 1 heterocycles. The van der Waals surface area contributed by atoms with Gasteiger partial charge in [-0.25, -0.2) is 9.59 Å². The molecule has 0 aromatic rings. The first-order chi connectivity index (χ1) is 12.8. The van der Waals surface area contributed by atoms with Crippen molar-refractivity contribution in [2.45, 2.75) is 58.7 Å². The number of hydrogen-bond acceptors (Lipinski definition) is 6. The standard InChI is InChI=1S/C21H30O6/c1-13-7-10-21(12-22)15(19(25)26-3)5-4-6-16(21)20(13,2)9-8-14-11-17(23)27-18(14)24/h5,11,13,16-17,22-23H,4,6-10,12H2,1-3H3/t13-,16-,17-,20+,21-/m1/s1. The molecular weight excluding hydrogens is 348 g/mol. The van der Waals surface area contributed by atoms with Gasteiger partial charge in [0.05, 0.1) is 13.7 Å². The van der Waals surface area contributed by atoms with E-state index >= 15 is 0 Å². The van der Waals surface area contributed by atoms with Gasteiger partial charge in [-0.1, -0.05) is 19.9 Å². The molecule has 0 spiro atoms. The molecule has 2 N–H and O–H groups in total. The van der Waals surface area contributed by atoms with Crippen LogP contribution >= 0.6 is 0 Å². The Bertz CT molecular complexity index is 680. The van der Waals surface area contributed by atoms with Gasteiger partial charge in [0, 0.05) is 16.6 Å². The molecule has 5 atom stereocenters. The van der Waals surface area contributed by atoms with E-state index in [2.05, 4.69) is 13.8 Å². The average Bonchev–Trinajstić information content (AvgIpc) is 2.99. The van der Waals surface area contributed by atoms with E-state index in [0.717, 1.165) is 32.1 Å². The molecule has 0 unspecified atom stereocenters. The maximum absolute atomic E-state index is 12.4. The summed E-state index contributed by atoms with van der Waals surface area (Å²) in [6.07, 6.45) is 6.85. The largest absolute Gasteiger partial charge is 0.466 e. The first kappa shape index (κ1) is 20.1. The number of aliphatic hydroxyl groups excluding tert-OH is 2. The Hall–Kier alpha value is -1.66. The molecule has 0 radical (unpaired) electrons. The lowest BCUT2D eigenvalue weighted by Gasteiger charge is -2.58. The van der Waals surface area contributed by atoms with Crippen LogP contribution in [-0.2, 0) is 19.1 Å². The van der Waals surface area contributed by atoms with Gasteiger partial charge in [-0.05, 0) is 61.9 Å². The third kappa shape index (κ3) is 3.23. The first-order valence-electron chi connectivity index (χ1n) is 9.78. The zero-order chi connectivity index (χ0) is 19.8. The molecule has 3 aliphatic rings. The molecular formula is C21H30O6. The van der Waals surface area contributed by atoms with Crippen molar-refractivity contribution >= 4 is 11.9 Å². The minimum absolute atomic E-state index is 0.0790. The maximum atomic E-state index is 12.4. The normalized spacial score (nSPS) is 38.6. The monoisotopic (exact) mass is 378 g/mol. The third-order valence-electron chi connectivity index (χ3n) is 7.41. The first-order valence-corrected chi connectivity index (χ1v) is 9.78. The van der Waals surface area contributed by atoms with Gasteiger partial charge in [0.15, 0.2) is 0 Å².